The van der Waals surface area contributed by atoms with Gasteiger partial charge in [-0.3, -0.25) is 0 Å². The topological polar surface area (TPSA) is 40.5 Å². The maximum absolute atomic E-state index is 8.75. The van der Waals surface area contributed by atoms with Crippen LogP contribution in [0.15, 0.2) is 0 Å². The fraction of sp³-hybridized carbons (Fsp3) is 1.00. The summed E-state index contributed by atoms with van der Waals surface area (Å²) in [6.07, 6.45) is -0.740. The number of thiol groups is 2. The van der Waals surface area contributed by atoms with Crippen molar-refractivity contribution in [3.05, 3.63) is 0 Å². The zero-order valence-electron chi connectivity index (χ0n) is 4.80. The van der Waals surface area contributed by atoms with Gasteiger partial charge in [0.25, 0.3) is 0 Å². The normalized spacial score (nSPS) is 16.0. The van der Waals surface area contributed by atoms with Crippen LogP contribution in [0.2, 0.25) is 0 Å². The summed E-state index contributed by atoms with van der Waals surface area (Å²) >= 11 is 7.78. The van der Waals surface area contributed by atoms with Gasteiger partial charge in [0.1, 0.15) is 0 Å². The van der Waals surface area contributed by atoms with Gasteiger partial charge in [-0.15, -0.1) is 0 Å². The average Bonchev–Trinajstić information content (AvgIpc) is 1.84. The third-order valence-electron chi connectivity index (χ3n) is 0.818. The molecular weight excluding hydrogens is 353 g/mol. The van der Waals surface area contributed by atoms with Crippen molar-refractivity contribution in [2.45, 2.75) is 11.4 Å². The summed E-state index contributed by atoms with van der Waals surface area (Å²) in [5.74, 6) is 0.477. The molecule has 0 fully saturated rings. The van der Waals surface area contributed by atoms with Gasteiger partial charge in [0.05, 0.1) is 12.7 Å². The quantitative estimate of drug-likeness (QED) is 0.391. The third kappa shape index (κ3) is 5.92. The molecule has 0 heterocycles. The molecule has 0 aliphatic rings. The predicted molar refractivity (Wildman–Crippen MR) is 45.5 cm³/mol. The molecule has 0 saturated carbocycles. The summed E-state index contributed by atoms with van der Waals surface area (Å²) < 4.78 is 0. The van der Waals surface area contributed by atoms with E-state index in [2.05, 4.69) is 25.3 Å². The Morgan fingerprint density at radius 2 is 1.89 bits per heavy atom. The Bertz CT molecular complexity index is 56.5. The van der Waals surface area contributed by atoms with Crippen LogP contribution in [0.4, 0.5) is 0 Å². The molecule has 0 aromatic carbocycles. The molecule has 0 unspecified atom stereocenters. The van der Waals surface area contributed by atoms with E-state index < -0.39 is 6.10 Å². The molecule has 2 nitrogen and oxygen atoms in total. The fourth-order valence-corrected chi connectivity index (χ4v) is 0.581. The zero-order valence-corrected chi connectivity index (χ0v) is 10.1. The minimum atomic E-state index is -0.740. The summed E-state index contributed by atoms with van der Waals surface area (Å²) in [7, 11) is 0. The van der Waals surface area contributed by atoms with Gasteiger partial charge in [-0.2, -0.15) is 25.3 Å². The van der Waals surface area contributed by atoms with Crippen LogP contribution in [0.25, 0.3) is 0 Å². The molecule has 9 heavy (non-hydrogen) atoms. The Morgan fingerprint density at radius 3 is 2.00 bits per heavy atom. The van der Waals surface area contributed by atoms with Crippen molar-refractivity contribution in [2.75, 3.05) is 12.4 Å². The van der Waals surface area contributed by atoms with Crippen LogP contribution in [0.3, 0.4) is 0 Å². The van der Waals surface area contributed by atoms with E-state index in [4.69, 9.17) is 10.2 Å². The Kier molecular flexibility index (Phi) is 11.1. The zero-order chi connectivity index (χ0) is 6.57. The Morgan fingerprint density at radius 1 is 1.44 bits per heavy atom. The molecule has 2 radical (unpaired) electrons. The van der Waals surface area contributed by atoms with Crippen LogP contribution in [0, 0.1) is 0 Å². The molecule has 2 N–H and O–H groups in total. The first-order chi connectivity index (χ1) is 3.72. The van der Waals surface area contributed by atoms with Crippen LogP contribution >= 0.6 is 25.3 Å². The molecular formula is C4H10BiO2S2+3. The molecule has 0 amide bonds. The second-order valence-electron chi connectivity index (χ2n) is 1.50. The van der Waals surface area contributed by atoms with Crippen LogP contribution in [0.5, 0.6) is 0 Å². The van der Waals surface area contributed by atoms with Crippen molar-refractivity contribution in [2.24, 2.45) is 0 Å². The molecule has 0 saturated heterocycles. The smallest absolute Gasteiger partial charge is 0.394 e. The first-order valence-corrected chi connectivity index (χ1v) is 3.45. The average molecular weight is 363 g/mol. The van der Waals surface area contributed by atoms with Gasteiger partial charge in [0.2, 0.25) is 0 Å². The maximum Gasteiger partial charge on any atom is 3.00 e. The summed E-state index contributed by atoms with van der Waals surface area (Å²) in [5.41, 5.74) is 0. The van der Waals surface area contributed by atoms with Crippen molar-refractivity contribution in [3.63, 3.8) is 0 Å². The van der Waals surface area contributed by atoms with Crippen molar-refractivity contribution < 1.29 is 10.2 Å². The summed E-state index contributed by atoms with van der Waals surface area (Å²) in [5, 5.41) is 16.8. The number of hydrogen-bond donors (Lipinski definition) is 4. The Labute approximate surface area is 85.0 Å². The van der Waals surface area contributed by atoms with E-state index in [0.29, 0.717) is 5.75 Å². The second kappa shape index (κ2) is 7.61. The first-order valence-electron chi connectivity index (χ1n) is 2.30. The van der Waals surface area contributed by atoms with Crippen molar-refractivity contribution in [1.29, 1.82) is 0 Å². The largest absolute Gasteiger partial charge is 3.00 e. The second-order valence-corrected chi connectivity index (χ2v) is 2.53. The van der Waals surface area contributed by atoms with Crippen LogP contribution in [-0.2, 0) is 0 Å². The molecule has 0 spiro atoms. The monoisotopic (exact) mass is 363 g/mol. The van der Waals surface area contributed by atoms with E-state index in [0.717, 1.165) is 0 Å². The van der Waals surface area contributed by atoms with E-state index in [1.54, 1.807) is 0 Å². The number of aliphatic hydroxyl groups excluding tert-OH is 2. The van der Waals surface area contributed by atoms with Gasteiger partial charge in [0, 0.05) is 11.0 Å². The minimum Gasteiger partial charge on any atom is -0.394 e. The Balaban J connectivity index is 0. The molecule has 5 heteroatoms. The maximum atomic E-state index is 8.75. The van der Waals surface area contributed by atoms with Gasteiger partial charge in [0.15, 0.2) is 0 Å². The summed E-state index contributed by atoms with van der Waals surface area (Å²) in [6.45, 7) is -0.241. The standard InChI is InChI=1S/C4H10O2S2.Bi/c5-1-3(6)4(8)2-7;/h3-8H,1-2H2;/q;+3/t3-,4-;/m1./s1. The van der Waals surface area contributed by atoms with Gasteiger partial charge in [-0.1, -0.05) is 0 Å². The minimum absolute atomic E-state index is 0. The first kappa shape index (κ1) is 13.1. The molecule has 0 rings (SSSR count). The molecule has 0 aromatic heterocycles. The SMILES string of the molecule is OC[C@@H](O)[C@H](S)CS.[Bi+3]. The van der Waals surface area contributed by atoms with E-state index in [1.807, 2.05) is 0 Å². The van der Waals surface area contributed by atoms with Crippen molar-refractivity contribution in [3.8, 4) is 0 Å². The summed E-state index contributed by atoms with van der Waals surface area (Å²) in [4.78, 5) is 0. The van der Waals surface area contributed by atoms with Crippen molar-refractivity contribution in [1.82, 2.24) is 0 Å². The molecule has 52 valence electrons. The summed E-state index contributed by atoms with van der Waals surface area (Å²) in [6, 6.07) is 0. The molecule has 0 aliphatic heterocycles. The van der Waals surface area contributed by atoms with Gasteiger partial charge >= 0.3 is 26.2 Å². The molecule has 2 atom stereocenters. The van der Waals surface area contributed by atoms with E-state index in [1.165, 1.54) is 0 Å². The number of aliphatic hydroxyl groups is 2. The van der Waals surface area contributed by atoms with Gasteiger partial charge in [-0.05, 0) is 0 Å². The third-order valence-corrected chi connectivity index (χ3v) is 2.03. The van der Waals surface area contributed by atoms with Crippen LogP contribution in [-0.4, -0.2) is 60.1 Å². The fourth-order valence-electron chi connectivity index (χ4n) is 0.243. The molecule has 0 bridgehead atoms. The Hall–Kier alpha value is 1.50. The van der Waals surface area contributed by atoms with Crippen LogP contribution in [0.1, 0.15) is 0 Å². The number of rotatable bonds is 3. The van der Waals surface area contributed by atoms with E-state index in [-0.39, 0.29) is 38.1 Å². The molecule has 0 aromatic rings. The van der Waals surface area contributed by atoms with E-state index >= 15 is 0 Å². The predicted octanol–water partition coefficient (Wildman–Crippen LogP) is -0.813. The van der Waals surface area contributed by atoms with Crippen molar-refractivity contribution >= 4 is 51.5 Å². The van der Waals surface area contributed by atoms with Gasteiger partial charge < -0.3 is 10.2 Å². The van der Waals surface area contributed by atoms with E-state index in [9.17, 15) is 0 Å². The molecule has 0 aliphatic carbocycles. The van der Waals surface area contributed by atoms with Gasteiger partial charge in [-0.25, -0.2) is 0 Å². The number of hydrogen-bond acceptors (Lipinski definition) is 4. The van der Waals surface area contributed by atoms with Crippen LogP contribution < -0.4 is 0 Å².